The quantitative estimate of drug-likeness (QED) is 0.652. The van der Waals surface area contributed by atoms with Gasteiger partial charge in [0.1, 0.15) is 0 Å². The summed E-state index contributed by atoms with van der Waals surface area (Å²) in [5.41, 5.74) is 0.0106. The van der Waals surface area contributed by atoms with Crippen LogP contribution >= 0.6 is 15.9 Å². The maximum absolute atomic E-state index is 5.71. The van der Waals surface area contributed by atoms with E-state index >= 15 is 0 Å². The molecule has 1 aliphatic rings. The normalized spacial score (nSPS) is 32.1. The van der Waals surface area contributed by atoms with Gasteiger partial charge in [-0.2, -0.15) is 0 Å². The standard InChI is InChI=1S/C7H14BrNO/c1-7(2)5-9-4-6(3-8)10-7/h6,9H,3-5H2,1-2H3/t6-/m1/s1. The molecule has 1 heterocycles. The first-order valence-corrected chi connectivity index (χ1v) is 4.71. The Labute approximate surface area is 70.5 Å². The van der Waals surface area contributed by atoms with Crippen molar-refractivity contribution in [3.05, 3.63) is 0 Å². The Morgan fingerprint density at radius 1 is 1.70 bits per heavy atom. The summed E-state index contributed by atoms with van der Waals surface area (Å²) < 4.78 is 5.71. The maximum Gasteiger partial charge on any atom is 0.0803 e. The molecule has 0 aromatic carbocycles. The van der Waals surface area contributed by atoms with Gasteiger partial charge >= 0.3 is 0 Å². The van der Waals surface area contributed by atoms with E-state index in [1.54, 1.807) is 0 Å². The number of morpholine rings is 1. The van der Waals surface area contributed by atoms with Crippen LogP contribution in [0.1, 0.15) is 13.8 Å². The molecule has 2 nitrogen and oxygen atoms in total. The third-order valence-electron chi connectivity index (χ3n) is 1.58. The Morgan fingerprint density at radius 2 is 2.40 bits per heavy atom. The highest BCUT2D eigenvalue weighted by molar-refractivity contribution is 9.09. The predicted molar refractivity (Wildman–Crippen MR) is 45.6 cm³/mol. The molecule has 1 N–H and O–H groups in total. The molecule has 0 spiro atoms. The highest BCUT2D eigenvalue weighted by Gasteiger charge is 2.27. The van der Waals surface area contributed by atoms with Gasteiger partial charge in [-0.1, -0.05) is 15.9 Å². The maximum atomic E-state index is 5.71. The summed E-state index contributed by atoms with van der Waals surface area (Å²) in [4.78, 5) is 0. The van der Waals surface area contributed by atoms with Gasteiger partial charge in [0, 0.05) is 18.4 Å². The second-order valence-corrected chi connectivity index (χ2v) is 3.93. The summed E-state index contributed by atoms with van der Waals surface area (Å²) in [6, 6.07) is 0. The van der Waals surface area contributed by atoms with Crippen LogP contribution in [0.5, 0.6) is 0 Å². The molecule has 1 saturated heterocycles. The van der Waals surface area contributed by atoms with Gasteiger partial charge in [0.2, 0.25) is 0 Å². The fourth-order valence-electron chi connectivity index (χ4n) is 1.15. The van der Waals surface area contributed by atoms with Crippen molar-refractivity contribution in [3.63, 3.8) is 0 Å². The number of alkyl halides is 1. The topological polar surface area (TPSA) is 21.3 Å². The molecule has 0 bridgehead atoms. The Kier molecular flexibility index (Phi) is 2.72. The number of hydrogen-bond acceptors (Lipinski definition) is 2. The average Bonchev–Trinajstić information content (AvgIpc) is 1.86. The molecule has 60 valence electrons. The van der Waals surface area contributed by atoms with E-state index in [9.17, 15) is 0 Å². The predicted octanol–water partition coefficient (Wildman–Crippen LogP) is 1.15. The van der Waals surface area contributed by atoms with E-state index in [1.165, 1.54) is 0 Å². The Bertz CT molecular complexity index is 116. The molecule has 0 aromatic rings. The van der Waals surface area contributed by atoms with Crippen LogP contribution in [-0.2, 0) is 4.74 Å². The van der Waals surface area contributed by atoms with Crippen molar-refractivity contribution in [1.29, 1.82) is 0 Å². The highest BCUT2D eigenvalue weighted by Crippen LogP contribution is 2.15. The van der Waals surface area contributed by atoms with Gasteiger partial charge in [-0.05, 0) is 13.8 Å². The van der Waals surface area contributed by atoms with Crippen molar-refractivity contribution in [2.75, 3.05) is 18.4 Å². The lowest BCUT2D eigenvalue weighted by Gasteiger charge is -2.35. The Hall–Kier alpha value is 0.400. The van der Waals surface area contributed by atoms with E-state index in [0.717, 1.165) is 18.4 Å². The van der Waals surface area contributed by atoms with Crippen molar-refractivity contribution in [1.82, 2.24) is 5.32 Å². The molecule has 1 fully saturated rings. The number of ether oxygens (including phenoxy) is 1. The van der Waals surface area contributed by atoms with E-state index < -0.39 is 0 Å². The second kappa shape index (κ2) is 3.20. The lowest BCUT2D eigenvalue weighted by Crippen LogP contribution is -2.50. The molecule has 1 aliphatic heterocycles. The van der Waals surface area contributed by atoms with E-state index in [-0.39, 0.29) is 5.60 Å². The molecule has 10 heavy (non-hydrogen) atoms. The van der Waals surface area contributed by atoms with Crippen LogP contribution in [-0.4, -0.2) is 30.1 Å². The van der Waals surface area contributed by atoms with Crippen LogP contribution in [0.25, 0.3) is 0 Å². The average molecular weight is 208 g/mol. The van der Waals surface area contributed by atoms with E-state index in [4.69, 9.17) is 4.74 Å². The lowest BCUT2D eigenvalue weighted by molar-refractivity contribution is -0.0827. The molecule has 0 amide bonds. The number of halogens is 1. The van der Waals surface area contributed by atoms with Crippen molar-refractivity contribution in [2.24, 2.45) is 0 Å². The lowest BCUT2D eigenvalue weighted by atomic mass is 10.1. The summed E-state index contributed by atoms with van der Waals surface area (Å²) in [6.45, 7) is 6.13. The molecule has 0 aromatic heterocycles. The zero-order chi connectivity index (χ0) is 7.61. The minimum atomic E-state index is 0.0106. The monoisotopic (exact) mass is 207 g/mol. The molecule has 3 heteroatoms. The third-order valence-corrected chi connectivity index (χ3v) is 2.30. The molecule has 0 radical (unpaired) electrons. The molecule has 0 aliphatic carbocycles. The minimum Gasteiger partial charge on any atom is -0.369 e. The fourth-order valence-corrected chi connectivity index (χ4v) is 1.52. The number of hydrogen-bond donors (Lipinski definition) is 1. The van der Waals surface area contributed by atoms with Crippen LogP contribution in [0.15, 0.2) is 0 Å². The van der Waals surface area contributed by atoms with Crippen LogP contribution < -0.4 is 5.32 Å². The van der Waals surface area contributed by atoms with Crippen molar-refractivity contribution in [2.45, 2.75) is 25.6 Å². The van der Waals surface area contributed by atoms with Crippen LogP contribution in [0, 0.1) is 0 Å². The van der Waals surface area contributed by atoms with Gasteiger partial charge in [0.05, 0.1) is 11.7 Å². The Balaban J connectivity index is 2.40. The van der Waals surface area contributed by atoms with Crippen LogP contribution in [0.4, 0.5) is 0 Å². The number of nitrogens with one attached hydrogen (secondary N) is 1. The summed E-state index contributed by atoms with van der Waals surface area (Å²) in [6.07, 6.45) is 0.337. The first kappa shape index (κ1) is 8.50. The van der Waals surface area contributed by atoms with Gasteiger partial charge in [-0.3, -0.25) is 0 Å². The van der Waals surface area contributed by atoms with Gasteiger partial charge < -0.3 is 10.1 Å². The van der Waals surface area contributed by atoms with Crippen LogP contribution in [0.2, 0.25) is 0 Å². The smallest absolute Gasteiger partial charge is 0.0803 e. The summed E-state index contributed by atoms with van der Waals surface area (Å²) in [5.74, 6) is 0. The molecule has 0 unspecified atom stereocenters. The SMILES string of the molecule is CC1(C)CNC[C@@H](CBr)O1. The van der Waals surface area contributed by atoms with Gasteiger partial charge in [-0.25, -0.2) is 0 Å². The largest absolute Gasteiger partial charge is 0.369 e. The molecule has 1 atom stereocenters. The molecule has 0 saturated carbocycles. The van der Waals surface area contributed by atoms with Gasteiger partial charge in [-0.15, -0.1) is 0 Å². The Morgan fingerprint density at radius 3 is 2.80 bits per heavy atom. The molecular weight excluding hydrogens is 194 g/mol. The van der Waals surface area contributed by atoms with Crippen molar-refractivity contribution >= 4 is 15.9 Å². The van der Waals surface area contributed by atoms with Crippen molar-refractivity contribution < 1.29 is 4.74 Å². The summed E-state index contributed by atoms with van der Waals surface area (Å²) in [5, 5.41) is 4.24. The van der Waals surface area contributed by atoms with Crippen molar-refractivity contribution in [3.8, 4) is 0 Å². The first-order valence-electron chi connectivity index (χ1n) is 3.58. The van der Waals surface area contributed by atoms with Gasteiger partial charge in [0.25, 0.3) is 0 Å². The molecule has 1 rings (SSSR count). The number of rotatable bonds is 1. The highest BCUT2D eigenvalue weighted by atomic mass is 79.9. The second-order valence-electron chi connectivity index (χ2n) is 3.28. The third kappa shape index (κ3) is 2.22. The summed E-state index contributed by atoms with van der Waals surface area (Å²) >= 11 is 3.40. The van der Waals surface area contributed by atoms with Crippen LogP contribution in [0.3, 0.4) is 0 Å². The first-order chi connectivity index (χ1) is 4.64. The molecular formula is C7H14BrNO. The van der Waals surface area contributed by atoms with E-state index in [2.05, 4.69) is 35.1 Å². The fraction of sp³-hybridized carbons (Fsp3) is 1.00. The zero-order valence-corrected chi connectivity index (χ0v) is 8.07. The summed E-state index contributed by atoms with van der Waals surface area (Å²) in [7, 11) is 0. The van der Waals surface area contributed by atoms with E-state index in [1.807, 2.05) is 0 Å². The minimum absolute atomic E-state index is 0.0106. The van der Waals surface area contributed by atoms with E-state index in [0.29, 0.717) is 6.10 Å². The zero-order valence-electron chi connectivity index (χ0n) is 6.48. The van der Waals surface area contributed by atoms with Gasteiger partial charge in [0.15, 0.2) is 0 Å².